The topological polar surface area (TPSA) is 41.6 Å². The maximum Gasteiger partial charge on any atom is 0.255 e. The van der Waals surface area contributed by atoms with Gasteiger partial charge < -0.3 is 15.0 Å². The standard InChI is InChI=1S/C12H22N2O2/c1-9(2)10-8-13-6-7-14(10)11(15)12(16-3)4-5-12/h9-10,13H,4-8H2,1-3H3. The van der Waals surface area contributed by atoms with E-state index in [1.165, 1.54) is 0 Å². The van der Waals surface area contributed by atoms with Gasteiger partial charge in [-0.3, -0.25) is 4.79 Å². The highest BCUT2D eigenvalue weighted by atomic mass is 16.5. The Balaban J connectivity index is 2.08. The predicted molar refractivity (Wildman–Crippen MR) is 62.2 cm³/mol. The zero-order valence-electron chi connectivity index (χ0n) is 10.5. The molecule has 0 radical (unpaired) electrons. The molecule has 16 heavy (non-hydrogen) atoms. The minimum absolute atomic E-state index is 0.204. The van der Waals surface area contributed by atoms with Crippen molar-refractivity contribution in [1.82, 2.24) is 10.2 Å². The Labute approximate surface area is 97.3 Å². The lowest BCUT2D eigenvalue weighted by molar-refractivity contribution is -0.149. The Bertz CT molecular complexity index is 274. The van der Waals surface area contributed by atoms with Crippen LogP contribution in [0.15, 0.2) is 0 Å². The third-order valence-corrected chi connectivity index (χ3v) is 3.80. The maximum atomic E-state index is 12.4. The smallest absolute Gasteiger partial charge is 0.255 e. The molecular weight excluding hydrogens is 204 g/mol. The van der Waals surface area contributed by atoms with Gasteiger partial charge in [-0.1, -0.05) is 13.8 Å². The summed E-state index contributed by atoms with van der Waals surface area (Å²) in [7, 11) is 1.65. The van der Waals surface area contributed by atoms with Gasteiger partial charge in [-0.05, 0) is 18.8 Å². The predicted octanol–water partition coefficient (Wildman–Crippen LogP) is 0.622. The van der Waals surface area contributed by atoms with Gasteiger partial charge in [-0.25, -0.2) is 0 Å². The summed E-state index contributed by atoms with van der Waals surface area (Å²) in [6.45, 7) is 6.96. The van der Waals surface area contributed by atoms with Crippen LogP contribution in [0.1, 0.15) is 26.7 Å². The number of carbonyl (C=O) groups is 1. The van der Waals surface area contributed by atoms with Crippen molar-refractivity contribution < 1.29 is 9.53 Å². The summed E-state index contributed by atoms with van der Waals surface area (Å²) in [5.41, 5.74) is -0.468. The van der Waals surface area contributed by atoms with Crippen molar-refractivity contribution in [3.63, 3.8) is 0 Å². The Morgan fingerprint density at radius 1 is 1.50 bits per heavy atom. The van der Waals surface area contributed by atoms with E-state index in [0.29, 0.717) is 12.0 Å². The third kappa shape index (κ3) is 1.96. The molecule has 0 bridgehead atoms. The van der Waals surface area contributed by atoms with Crippen molar-refractivity contribution in [2.24, 2.45) is 5.92 Å². The van der Waals surface area contributed by atoms with E-state index in [0.717, 1.165) is 32.5 Å². The molecule has 1 amide bonds. The van der Waals surface area contributed by atoms with E-state index in [9.17, 15) is 4.79 Å². The zero-order chi connectivity index (χ0) is 11.8. The Morgan fingerprint density at radius 3 is 2.69 bits per heavy atom. The molecule has 1 heterocycles. The van der Waals surface area contributed by atoms with Crippen LogP contribution < -0.4 is 5.32 Å². The van der Waals surface area contributed by atoms with Crippen LogP contribution in [0.25, 0.3) is 0 Å². The zero-order valence-corrected chi connectivity index (χ0v) is 10.5. The number of amides is 1. The second kappa shape index (κ2) is 4.34. The van der Waals surface area contributed by atoms with Crippen LogP contribution in [0.2, 0.25) is 0 Å². The molecule has 1 saturated heterocycles. The number of ether oxygens (including phenoxy) is 1. The first-order chi connectivity index (χ1) is 7.60. The lowest BCUT2D eigenvalue weighted by Crippen LogP contribution is -2.58. The monoisotopic (exact) mass is 226 g/mol. The van der Waals surface area contributed by atoms with E-state index in [-0.39, 0.29) is 5.91 Å². The van der Waals surface area contributed by atoms with Gasteiger partial charge >= 0.3 is 0 Å². The minimum atomic E-state index is -0.468. The van der Waals surface area contributed by atoms with Crippen LogP contribution in [-0.4, -0.2) is 49.2 Å². The third-order valence-electron chi connectivity index (χ3n) is 3.80. The van der Waals surface area contributed by atoms with E-state index in [1.807, 2.05) is 4.90 Å². The van der Waals surface area contributed by atoms with Gasteiger partial charge in [-0.15, -0.1) is 0 Å². The molecule has 1 unspecified atom stereocenters. The maximum absolute atomic E-state index is 12.4. The minimum Gasteiger partial charge on any atom is -0.368 e. The molecule has 0 aromatic rings. The highest BCUT2D eigenvalue weighted by molar-refractivity contribution is 5.88. The highest BCUT2D eigenvalue weighted by Gasteiger charge is 2.53. The molecule has 0 aromatic carbocycles. The van der Waals surface area contributed by atoms with E-state index in [2.05, 4.69) is 19.2 Å². The van der Waals surface area contributed by atoms with Crippen LogP contribution >= 0.6 is 0 Å². The molecule has 0 aromatic heterocycles. The first-order valence-electron chi connectivity index (χ1n) is 6.18. The number of carbonyl (C=O) groups excluding carboxylic acids is 1. The quantitative estimate of drug-likeness (QED) is 0.767. The number of rotatable bonds is 3. The lowest BCUT2D eigenvalue weighted by atomic mass is 9.99. The average Bonchev–Trinajstić information content (AvgIpc) is 3.09. The van der Waals surface area contributed by atoms with Crippen molar-refractivity contribution in [2.75, 3.05) is 26.7 Å². The normalized spacial score (nSPS) is 28.2. The number of nitrogens with one attached hydrogen (secondary N) is 1. The molecule has 92 valence electrons. The van der Waals surface area contributed by atoms with E-state index >= 15 is 0 Å². The highest BCUT2D eigenvalue weighted by Crippen LogP contribution is 2.41. The second-order valence-corrected chi connectivity index (χ2v) is 5.21. The van der Waals surface area contributed by atoms with Crippen LogP contribution in [-0.2, 0) is 9.53 Å². The van der Waals surface area contributed by atoms with Crippen LogP contribution in [0.5, 0.6) is 0 Å². The van der Waals surface area contributed by atoms with E-state index in [1.54, 1.807) is 7.11 Å². The molecule has 1 aliphatic heterocycles. The van der Waals surface area contributed by atoms with Crippen molar-refractivity contribution in [2.45, 2.75) is 38.3 Å². The van der Waals surface area contributed by atoms with Gasteiger partial charge in [0.25, 0.3) is 5.91 Å². The molecule has 4 heteroatoms. The fourth-order valence-electron chi connectivity index (χ4n) is 2.45. The fraction of sp³-hybridized carbons (Fsp3) is 0.917. The molecular formula is C12H22N2O2. The molecule has 2 fully saturated rings. The molecule has 2 aliphatic rings. The van der Waals surface area contributed by atoms with Crippen molar-refractivity contribution >= 4 is 5.91 Å². The van der Waals surface area contributed by atoms with E-state index in [4.69, 9.17) is 4.74 Å². The summed E-state index contributed by atoms with van der Waals surface area (Å²) in [5.74, 6) is 0.694. The summed E-state index contributed by atoms with van der Waals surface area (Å²) in [5, 5.41) is 3.36. The Hall–Kier alpha value is -0.610. The number of methoxy groups -OCH3 is 1. The van der Waals surface area contributed by atoms with Gasteiger partial charge in [0.1, 0.15) is 5.60 Å². The SMILES string of the molecule is COC1(C(=O)N2CCNCC2C(C)C)CC1. The molecule has 0 spiro atoms. The summed E-state index contributed by atoms with van der Waals surface area (Å²) >= 11 is 0. The summed E-state index contributed by atoms with van der Waals surface area (Å²) < 4.78 is 5.38. The van der Waals surface area contributed by atoms with Crippen molar-refractivity contribution in [1.29, 1.82) is 0 Å². The second-order valence-electron chi connectivity index (χ2n) is 5.21. The van der Waals surface area contributed by atoms with Crippen molar-refractivity contribution in [3.8, 4) is 0 Å². The first kappa shape index (κ1) is 11.9. The van der Waals surface area contributed by atoms with Gasteiger partial charge in [0.15, 0.2) is 0 Å². The molecule has 1 aliphatic carbocycles. The molecule has 4 nitrogen and oxygen atoms in total. The summed E-state index contributed by atoms with van der Waals surface area (Å²) in [6, 6.07) is 0.314. The largest absolute Gasteiger partial charge is 0.368 e. The molecule has 2 rings (SSSR count). The fourth-order valence-corrected chi connectivity index (χ4v) is 2.45. The number of piperazine rings is 1. The van der Waals surface area contributed by atoms with Crippen LogP contribution in [0, 0.1) is 5.92 Å². The Morgan fingerprint density at radius 2 is 2.19 bits per heavy atom. The van der Waals surface area contributed by atoms with Gasteiger partial charge in [0.05, 0.1) is 0 Å². The Kier molecular flexibility index (Phi) is 3.22. The van der Waals surface area contributed by atoms with Crippen LogP contribution in [0.3, 0.4) is 0 Å². The molecule has 1 N–H and O–H groups in total. The number of nitrogens with zero attached hydrogens (tertiary/aromatic N) is 1. The van der Waals surface area contributed by atoms with Crippen molar-refractivity contribution in [3.05, 3.63) is 0 Å². The molecule has 1 atom stereocenters. The molecule has 1 saturated carbocycles. The van der Waals surface area contributed by atoms with Crippen LogP contribution in [0.4, 0.5) is 0 Å². The van der Waals surface area contributed by atoms with Gasteiger partial charge in [0.2, 0.25) is 0 Å². The number of hydrogen-bond acceptors (Lipinski definition) is 3. The first-order valence-corrected chi connectivity index (χ1v) is 6.18. The average molecular weight is 226 g/mol. The lowest BCUT2D eigenvalue weighted by Gasteiger charge is -2.40. The number of hydrogen-bond donors (Lipinski definition) is 1. The van der Waals surface area contributed by atoms with Gasteiger partial charge in [-0.2, -0.15) is 0 Å². The summed E-state index contributed by atoms with van der Waals surface area (Å²) in [6.07, 6.45) is 1.77. The summed E-state index contributed by atoms with van der Waals surface area (Å²) in [4.78, 5) is 14.4. The van der Waals surface area contributed by atoms with Gasteiger partial charge in [0, 0.05) is 32.8 Å². The van der Waals surface area contributed by atoms with E-state index < -0.39 is 5.60 Å².